The molecule has 0 saturated carbocycles. The van der Waals surface area contributed by atoms with Gasteiger partial charge in [0, 0.05) is 0 Å². The Morgan fingerprint density at radius 2 is 2.04 bits per heavy atom. The van der Waals surface area contributed by atoms with Gasteiger partial charge in [0.15, 0.2) is 11.9 Å². The lowest BCUT2D eigenvalue weighted by molar-refractivity contribution is -0.147. The van der Waals surface area contributed by atoms with E-state index in [9.17, 15) is 9.59 Å². The van der Waals surface area contributed by atoms with Crippen LogP contribution in [0.2, 0.25) is 0 Å². The highest BCUT2D eigenvalue weighted by Gasteiger charge is 2.24. The van der Waals surface area contributed by atoms with Gasteiger partial charge in [-0.05, 0) is 43.7 Å². The fourth-order valence-corrected chi connectivity index (χ4v) is 2.35. The molecule has 0 radical (unpaired) electrons. The maximum absolute atomic E-state index is 12.8. The Morgan fingerprint density at radius 3 is 2.71 bits per heavy atom. The monoisotopic (exact) mass is 328 g/mol. The molecule has 0 aliphatic carbocycles. The van der Waals surface area contributed by atoms with Gasteiger partial charge in [0.25, 0.3) is 0 Å². The third kappa shape index (κ3) is 2.78. The molecule has 6 nitrogen and oxygen atoms in total. The van der Waals surface area contributed by atoms with Gasteiger partial charge in [0.05, 0.1) is 18.8 Å². The second kappa shape index (κ2) is 6.23. The van der Waals surface area contributed by atoms with E-state index in [1.54, 1.807) is 30.3 Å². The van der Waals surface area contributed by atoms with Gasteiger partial charge < -0.3 is 18.3 Å². The third-order valence-corrected chi connectivity index (χ3v) is 3.58. The molecule has 1 aromatic carbocycles. The summed E-state index contributed by atoms with van der Waals surface area (Å²) in [5.41, 5.74) is 0.996. The summed E-state index contributed by atoms with van der Waals surface area (Å²) in [5.74, 6) is -0.204. The van der Waals surface area contributed by atoms with Gasteiger partial charge in [-0.3, -0.25) is 4.79 Å². The molecule has 1 unspecified atom stereocenters. The Hall–Kier alpha value is -3.02. The topological polar surface area (TPSA) is 78.9 Å². The second-order valence-electron chi connectivity index (χ2n) is 5.35. The number of rotatable bonds is 4. The number of ether oxygens (including phenoxy) is 2. The molecular formula is C18H16O6. The minimum Gasteiger partial charge on any atom is -0.471 e. The van der Waals surface area contributed by atoms with Crippen molar-refractivity contribution in [3.63, 3.8) is 0 Å². The fraction of sp³-hybridized carbons (Fsp3) is 0.222. The summed E-state index contributed by atoms with van der Waals surface area (Å²) in [5, 5.41) is 0.364. The Bertz CT molecular complexity index is 936. The van der Waals surface area contributed by atoms with Crippen LogP contribution in [0.15, 0.2) is 50.2 Å². The van der Waals surface area contributed by atoms with Crippen molar-refractivity contribution in [3.05, 3.63) is 52.4 Å². The highest BCUT2D eigenvalue weighted by Crippen LogP contribution is 2.32. The first kappa shape index (κ1) is 15.9. The third-order valence-electron chi connectivity index (χ3n) is 3.58. The molecular weight excluding hydrogens is 312 g/mol. The van der Waals surface area contributed by atoms with Crippen LogP contribution in [0.5, 0.6) is 5.75 Å². The highest BCUT2D eigenvalue weighted by atomic mass is 16.6. The van der Waals surface area contributed by atoms with Gasteiger partial charge in [0.1, 0.15) is 5.58 Å². The number of carbonyl (C=O) groups excluding carboxylic acids is 1. The lowest BCUT2D eigenvalue weighted by Gasteiger charge is -2.14. The molecule has 0 N–H and O–H groups in total. The van der Waals surface area contributed by atoms with Crippen LogP contribution < -0.4 is 10.2 Å². The Morgan fingerprint density at radius 1 is 1.25 bits per heavy atom. The van der Waals surface area contributed by atoms with Gasteiger partial charge >= 0.3 is 5.97 Å². The minimum absolute atomic E-state index is 0.0841. The minimum atomic E-state index is -0.963. The molecule has 0 aliphatic rings. The van der Waals surface area contributed by atoms with E-state index in [0.29, 0.717) is 16.7 Å². The molecule has 2 aromatic heterocycles. The van der Waals surface area contributed by atoms with Crippen molar-refractivity contribution < 1.29 is 23.1 Å². The molecule has 124 valence electrons. The summed E-state index contributed by atoms with van der Waals surface area (Å²) in [6.45, 7) is 3.40. The second-order valence-corrected chi connectivity index (χ2v) is 5.35. The van der Waals surface area contributed by atoms with Crippen LogP contribution in [0.4, 0.5) is 0 Å². The summed E-state index contributed by atoms with van der Waals surface area (Å²) >= 11 is 0. The average molecular weight is 328 g/mol. The summed E-state index contributed by atoms with van der Waals surface area (Å²) in [4.78, 5) is 24.5. The number of esters is 1. The van der Waals surface area contributed by atoms with Gasteiger partial charge in [-0.15, -0.1) is 0 Å². The molecule has 0 amide bonds. The highest BCUT2D eigenvalue weighted by molar-refractivity contribution is 5.82. The van der Waals surface area contributed by atoms with Crippen LogP contribution in [-0.4, -0.2) is 19.2 Å². The molecule has 0 fully saturated rings. The van der Waals surface area contributed by atoms with E-state index in [0.717, 1.165) is 5.56 Å². The molecule has 3 aromatic rings. The molecule has 0 spiro atoms. The molecule has 1 atom stereocenters. The lowest BCUT2D eigenvalue weighted by Crippen LogP contribution is -2.27. The van der Waals surface area contributed by atoms with E-state index in [2.05, 4.69) is 4.74 Å². The predicted molar refractivity (Wildman–Crippen MR) is 87.0 cm³/mol. The van der Waals surface area contributed by atoms with Crippen molar-refractivity contribution >= 4 is 16.9 Å². The summed E-state index contributed by atoms with van der Waals surface area (Å²) < 4.78 is 21.4. The number of fused-ring (bicyclic) bond motifs is 1. The number of aryl methyl sites for hydroxylation is 1. The van der Waals surface area contributed by atoms with Crippen molar-refractivity contribution in [2.45, 2.75) is 20.0 Å². The fourth-order valence-electron chi connectivity index (χ4n) is 2.35. The first-order chi connectivity index (χ1) is 11.5. The largest absolute Gasteiger partial charge is 0.471 e. The summed E-state index contributed by atoms with van der Waals surface area (Å²) in [7, 11) is 1.25. The Labute approximate surface area is 137 Å². The van der Waals surface area contributed by atoms with Crippen LogP contribution in [0.1, 0.15) is 12.5 Å². The van der Waals surface area contributed by atoms with E-state index < -0.39 is 12.1 Å². The Kier molecular flexibility index (Phi) is 4.12. The zero-order valence-electron chi connectivity index (χ0n) is 13.5. The van der Waals surface area contributed by atoms with Crippen LogP contribution in [0.3, 0.4) is 0 Å². The van der Waals surface area contributed by atoms with Crippen molar-refractivity contribution in [2.75, 3.05) is 7.11 Å². The molecule has 0 saturated heterocycles. The van der Waals surface area contributed by atoms with E-state index in [1.165, 1.54) is 20.3 Å². The maximum atomic E-state index is 12.8. The molecule has 3 rings (SSSR count). The van der Waals surface area contributed by atoms with Gasteiger partial charge in [-0.25, -0.2) is 4.79 Å². The smallest absolute Gasteiger partial charge is 0.346 e. The number of furan rings is 1. The summed E-state index contributed by atoms with van der Waals surface area (Å²) in [6, 6.07) is 8.55. The number of methoxy groups -OCH3 is 1. The van der Waals surface area contributed by atoms with Crippen molar-refractivity contribution in [2.24, 2.45) is 0 Å². The van der Waals surface area contributed by atoms with Crippen LogP contribution in [0, 0.1) is 6.92 Å². The molecule has 24 heavy (non-hydrogen) atoms. The quantitative estimate of drug-likeness (QED) is 0.684. The Balaban J connectivity index is 2.23. The van der Waals surface area contributed by atoms with E-state index >= 15 is 0 Å². The van der Waals surface area contributed by atoms with Crippen LogP contribution >= 0.6 is 0 Å². The standard InChI is InChI=1S/C18H16O6/c1-10-6-7-12-14(9-10)24-16(13-5-4-8-22-13)17(15(12)19)23-11(2)18(20)21-3/h4-9,11H,1-3H3. The SMILES string of the molecule is COC(=O)C(C)Oc1c(-c2ccco2)oc2cc(C)ccc2c1=O. The predicted octanol–water partition coefficient (Wildman–Crippen LogP) is 3.30. The number of hydrogen-bond acceptors (Lipinski definition) is 6. The van der Waals surface area contributed by atoms with Crippen LogP contribution in [-0.2, 0) is 9.53 Å². The lowest BCUT2D eigenvalue weighted by atomic mass is 10.1. The van der Waals surface area contributed by atoms with Gasteiger partial charge in [0.2, 0.25) is 16.9 Å². The first-order valence-electron chi connectivity index (χ1n) is 7.37. The molecule has 2 heterocycles. The summed E-state index contributed by atoms with van der Waals surface area (Å²) in [6.07, 6.45) is 0.498. The van der Waals surface area contributed by atoms with Crippen molar-refractivity contribution in [1.82, 2.24) is 0 Å². The van der Waals surface area contributed by atoms with E-state index in [-0.39, 0.29) is 16.9 Å². The number of carbonyl (C=O) groups is 1. The molecule has 0 aliphatic heterocycles. The van der Waals surface area contributed by atoms with Crippen LogP contribution in [0.25, 0.3) is 22.5 Å². The number of benzene rings is 1. The molecule has 6 heteroatoms. The van der Waals surface area contributed by atoms with Crippen molar-refractivity contribution in [3.8, 4) is 17.3 Å². The number of hydrogen-bond donors (Lipinski definition) is 0. The van der Waals surface area contributed by atoms with Gasteiger partial charge in [-0.2, -0.15) is 0 Å². The van der Waals surface area contributed by atoms with E-state index in [1.807, 2.05) is 6.92 Å². The normalized spacial score (nSPS) is 12.1. The van der Waals surface area contributed by atoms with Crippen molar-refractivity contribution in [1.29, 1.82) is 0 Å². The van der Waals surface area contributed by atoms with E-state index in [4.69, 9.17) is 13.6 Å². The average Bonchev–Trinajstić information content (AvgIpc) is 3.10. The maximum Gasteiger partial charge on any atom is 0.346 e. The zero-order valence-corrected chi connectivity index (χ0v) is 13.5. The first-order valence-corrected chi connectivity index (χ1v) is 7.37. The van der Waals surface area contributed by atoms with Gasteiger partial charge in [-0.1, -0.05) is 6.07 Å². The zero-order chi connectivity index (χ0) is 17.3. The molecule has 0 bridgehead atoms.